The molecule has 7 nitrogen and oxygen atoms in total. The number of hydrogen-bond donors (Lipinski definition) is 2. The van der Waals surface area contributed by atoms with Crippen LogP contribution >= 0.6 is 0 Å². The van der Waals surface area contributed by atoms with Gasteiger partial charge in [-0.3, -0.25) is 9.59 Å². The van der Waals surface area contributed by atoms with Gasteiger partial charge in [0, 0.05) is 31.0 Å². The Morgan fingerprint density at radius 1 is 1.00 bits per heavy atom. The number of primary amides is 1. The second-order valence-corrected chi connectivity index (χ2v) is 10.5. The van der Waals surface area contributed by atoms with Gasteiger partial charge in [0.1, 0.15) is 23.1 Å². The molecule has 230 valence electrons. The van der Waals surface area contributed by atoms with Crippen LogP contribution in [-0.4, -0.2) is 40.6 Å². The molecular weight excluding hydrogens is 552 g/mol. The Hall–Kier alpha value is -4.53. The van der Waals surface area contributed by atoms with E-state index in [0.717, 1.165) is 30.8 Å². The highest BCUT2D eigenvalue weighted by Gasteiger charge is 2.17. The zero-order chi connectivity index (χ0) is 31.8. The van der Waals surface area contributed by atoms with E-state index in [9.17, 15) is 13.6 Å². The zero-order valence-electron chi connectivity index (χ0n) is 25.1. The van der Waals surface area contributed by atoms with Gasteiger partial charge in [-0.2, -0.15) is 0 Å². The van der Waals surface area contributed by atoms with Crippen LogP contribution in [0.4, 0.5) is 8.78 Å². The first kappa shape index (κ1) is 34.7. The number of benzene rings is 3. The van der Waals surface area contributed by atoms with E-state index in [1.54, 1.807) is 0 Å². The van der Waals surface area contributed by atoms with Gasteiger partial charge in [0.2, 0.25) is 12.8 Å². The Morgan fingerprint density at radius 2 is 1.60 bits per heavy atom. The smallest absolute Gasteiger partial charge is 0.209 e. The van der Waals surface area contributed by atoms with Gasteiger partial charge in [-0.1, -0.05) is 74.5 Å². The van der Waals surface area contributed by atoms with E-state index in [1.165, 1.54) is 60.9 Å². The molecule has 2 amide bonds. The molecule has 2 atom stereocenters. The van der Waals surface area contributed by atoms with Crippen molar-refractivity contribution >= 4 is 12.8 Å². The van der Waals surface area contributed by atoms with Crippen molar-refractivity contribution < 1.29 is 28.0 Å². The minimum atomic E-state index is -0.610. The van der Waals surface area contributed by atoms with Crippen LogP contribution < -0.4 is 5.73 Å². The molecule has 0 radical (unpaired) electrons. The highest BCUT2D eigenvalue weighted by atomic mass is 19.1. The molecule has 0 aliphatic carbocycles. The fourth-order valence-electron chi connectivity index (χ4n) is 4.27. The molecular formula is C34H41F2N3O4. The summed E-state index contributed by atoms with van der Waals surface area (Å²) in [5.74, 6) is 0.836. The monoisotopic (exact) mass is 593 g/mol. The third-order valence-corrected chi connectivity index (χ3v) is 7.11. The molecule has 1 fully saturated rings. The number of carbonyl (C=O) groups is 2. The molecule has 2 unspecified atom stereocenters. The van der Waals surface area contributed by atoms with Crippen LogP contribution in [0.2, 0.25) is 0 Å². The molecule has 0 saturated carbocycles. The first-order valence-electron chi connectivity index (χ1n) is 14.2. The van der Waals surface area contributed by atoms with Gasteiger partial charge in [-0.25, -0.2) is 8.78 Å². The topological polar surface area (TPSA) is 110 Å². The second-order valence-electron chi connectivity index (χ2n) is 10.5. The minimum Gasteiger partial charge on any atom is -0.508 e. The van der Waals surface area contributed by atoms with Crippen LogP contribution in [0.25, 0.3) is 11.1 Å². The van der Waals surface area contributed by atoms with E-state index in [0.29, 0.717) is 23.4 Å². The van der Waals surface area contributed by atoms with Gasteiger partial charge < -0.3 is 20.3 Å². The highest BCUT2D eigenvalue weighted by molar-refractivity contribution is 5.65. The lowest BCUT2D eigenvalue weighted by molar-refractivity contribution is -0.118. The van der Waals surface area contributed by atoms with E-state index in [-0.39, 0.29) is 17.7 Å². The number of phenolic OH excluding ortho intramolecular Hbond substituents is 1. The summed E-state index contributed by atoms with van der Waals surface area (Å²) in [7, 11) is 0. The van der Waals surface area contributed by atoms with E-state index >= 15 is 0 Å². The first-order chi connectivity index (χ1) is 20.6. The molecule has 4 aromatic rings. The Kier molecular flexibility index (Phi) is 14.6. The molecule has 1 saturated heterocycles. The number of nitrogens with two attached hydrogens (primary N) is 1. The molecule has 3 aromatic carbocycles. The maximum absolute atomic E-state index is 13.3. The minimum absolute atomic E-state index is 0.0653. The number of amides is 2. The summed E-state index contributed by atoms with van der Waals surface area (Å²) < 4.78 is 32.1. The van der Waals surface area contributed by atoms with E-state index in [1.807, 2.05) is 23.1 Å². The quantitative estimate of drug-likeness (QED) is 0.232. The van der Waals surface area contributed by atoms with E-state index in [4.69, 9.17) is 14.4 Å². The molecule has 43 heavy (non-hydrogen) atoms. The van der Waals surface area contributed by atoms with Crippen molar-refractivity contribution in [2.24, 2.45) is 11.7 Å². The van der Waals surface area contributed by atoms with Crippen molar-refractivity contribution in [3.05, 3.63) is 108 Å². The normalized spacial score (nSPS) is 14.3. The standard InChI is InChI=1S/C15H19NO.C12H8F2O.C6H11NO.CH3NO/c1-11(2)12(3)15-10-14(16-17-15)9-13-7-5-4-6-8-13;13-10-2-1-3-11(14)12(10)8-4-6-9(15)7-5-8;1-6-3-2-4-7(6)5-8;2-1-3/h4-8,10-12H,9H2,1-3H3;1-7,15H;5-6H,2-4H2,1H3;1H,(H2,2,3). The number of nitrogens with zero attached hydrogens (tertiary/aromatic N) is 2. The second kappa shape index (κ2) is 18.1. The summed E-state index contributed by atoms with van der Waals surface area (Å²) >= 11 is 0. The molecule has 0 bridgehead atoms. The van der Waals surface area contributed by atoms with Crippen molar-refractivity contribution in [2.45, 2.75) is 58.9 Å². The lowest BCUT2D eigenvalue weighted by atomic mass is 9.95. The lowest BCUT2D eigenvalue weighted by Crippen LogP contribution is -2.24. The van der Waals surface area contributed by atoms with Crippen LogP contribution in [0.3, 0.4) is 0 Å². The predicted molar refractivity (Wildman–Crippen MR) is 164 cm³/mol. The van der Waals surface area contributed by atoms with Crippen molar-refractivity contribution in [3.8, 4) is 16.9 Å². The molecule has 5 rings (SSSR count). The SMILES string of the molecule is CC(C)C(C)c1cc(Cc2ccccc2)no1.CC1CCCN1C=O.NC=O.Oc1ccc(-c2c(F)cccc2F)cc1. The Balaban J connectivity index is 0.000000226. The fourth-order valence-corrected chi connectivity index (χ4v) is 4.27. The number of hydrogen-bond acceptors (Lipinski definition) is 5. The van der Waals surface area contributed by atoms with Gasteiger partial charge in [0.05, 0.1) is 11.3 Å². The maximum Gasteiger partial charge on any atom is 0.209 e. The summed E-state index contributed by atoms with van der Waals surface area (Å²) in [5, 5.41) is 13.2. The molecule has 3 N–H and O–H groups in total. The number of aromatic nitrogens is 1. The number of aromatic hydroxyl groups is 1. The number of carbonyl (C=O) groups excluding carboxylic acids is 2. The number of phenols is 1. The Morgan fingerprint density at radius 3 is 2.09 bits per heavy atom. The summed E-state index contributed by atoms with van der Waals surface area (Å²) in [6, 6.07) is 22.4. The van der Waals surface area contributed by atoms with Crippen molar-refractivity contribution in [1.29, 1.82) is 0 Å². The van der Waals surface area contributed by atoms with Crippen molar-refractivity contribution in [3.63, 3.8) is 0 Å². The highest BCUT2D eigenvalue weighted by Crippen LogP contribution is 2.27. The third-order valence-electron chi connectivity index (χ3n) is 7.11. The van der Waals surface area contributed by atoms with Crippen LogP contribution in [0.1, 0.15) is 63.5 Å². The van der Waals surface area contributed by atoms with Crippen molar-refractivity contribution in [1.82, 2.24) is 10.1 Å². The first-order valence-corrected chi connectivity index (χ1v) is 14.2. The van der Waals surface area contributed by atoms with E-state index < -0.39 is 11.6 Å². The Labute approximate surface area is 252 Å². The van der Waals surface area contributed by atoms with Crippen LogP contribution in [-0.2, 0) is 16.0 Å². The third kappa shape index (κ3) is 11.3. The lowest BCUT2D eigenvalue weighted by Gasteiger charge is -2.13. The summed E-state index contributed by atoms with van der Waals surface area (Å²) in [5.41, 5.74) is 6.78. The fraction of sp³-hybridized carbons (Fsp3) is 0.324. The van der Waals surface area contributed by atoms with Crippen LogP contribution in [0.5, 0.6) is 5.75 Å². The maximum atomic E-state index is 13.3. The summed E-state index contributed by atoms with van der Waals surface area (Å²) in [6.45, 7) is 9.62. The summed E-state index contributed by atoms with van der Waals surface area (Å²) in [4.78, 5) is 20.6. The van der Waals surface area contributed by atoms with Crippen LogP contribution in [0, 0.1) is 17.6 Å². The number of halogens is 2. The van der Waals surface area contributed by atoms with Gasteiger partial charge in [0.15, 0.2) is 0 Å². The molecule has 9 heteroatoms. The van der Waals surface area contributed by atoms with Gasteiger partial charge in [0.25, 0.3) is 0 Å². The average molecular weight is 594 g/mol. The van der Waals surface area contributed by atoms with Crippen LogP contribution in [0.15, 0.2) is 83.4 Å². The molecule has 1 aliphatic rings. The largest absolute Gasteiger partial charge is 0.508 e. The average Bonchev–Trinajstić information content (AvgIpc) is 3.63. The number of likely N-dealkylation sites (tertiary alicyclic amines) is 1. The molecule has 0 spiro atoms. The predicted octanol–water partition coefficient (Wildman–Crippen LogP) is 7.09. The van der Waals surface area contributed by atoms with Crippen molar-refractivity contribution in [2.75, 3.05) is 6.54 Å². The van der Waals surface area contributed by atoms with Gasteiger partial charge >= 0.3 is 0 Å². The van der Waals surface area contributed by atoms with Gasteiger partial charge in [-0.15, -0.1) is 0 Å². The Bertz CT molecular complexity index is 1360. The molecule has 1 aromatic heterocycles. The van der Waals surface area contributed by atoms with Gasteiger partial charge in [-0.05, 0) is 61.1 Å². The zero-order valence-corrected chi connectivity index (χ0v) is 25.1. The molecule has 2 heterocycles. The molecule has 1 aliphatic heterocycles. The number of rotatable bonds is 6. The van der Waals surface area contributed by atoms with E-state index in [2.05, 4.69) is 56.8 Å². The summed E-state index contributed by atoms with van der Waals surface area (Å²) in [6.07, 6.45) is 4.39.